The van der Waals surface area contributed by atoms with Gasteiger partial charge in [0, 0.05) is 20.6 Å². The molecule has 0 saturated heterocycles. The molecule has 22 heavy (non-hydrogen) atoms. The standard InChI is InChI=1S/C14H29N3O4S/c1-13(2,3)21-12(18)16-14(9-7-6-8-10-14)11-15-22(19,20)17(4)5/h15H,6-11H2,1-5H3,(H,16,18). The topological polar surface area (TPSA) is 87.7 Å². The van der Waals surface area contributed by atoms with Crippen LogP contribution in [-0.2, 0) is 14.9 Å². The van der Waals surface area contributed by atoms with Crippen molar-refractivity contribution in [1.29, 1.82) is 0 Å². The van der Waals surface area contributed by atoms with Gasteiger partial charge in [0.15, 0.2) is 0 Å². The number of ether oxygens (including phenoxy) is 1. The number of amides is 1. The van der Waals surface area contributed by atoms with E-state index in [0.717, 1.165) is 36.4 Å². The fraction of sp³-hybridized carbons (Fsp3) is 0.929. The van der Waals surface area contributed by atoms with Crippen LogP contribution in [0.25, 0.3) is 0 Å². The highest BCUT2D eigenvalue weighted by Crippen LogP contribution is 2.28. The second-order valence-electron chi connectivity index (χ2n) is 7.08. The SMILES string of the molecule is CN(C)S(=O)(=O)NCC1(NC(=O)OC(C)(C)C)CCCCC1. The minimum absolute atomic E-state index is 0.173. The summed E-state index contributed by atoms with van der Waals surface area (Å²) in [6.45, 7) is 5.57. The van der Waals surface area contributed by atoms with E-state index in [2.05, 4.69) is 10.0 Å². The maximum Gasteiger partial charge on any atom is 0.408 e. The molecule has 0 aromatic rings. The van der Waals surface area contributed by atoms with E-state index >= 15 is 0 Å². The molecule has 1 amide bonds. The quantitative estimate of drug-likeness (QED) is 0.799. The molecule has 0 atom stereocenters. The Morgan fingerprint density at radius 3 is 2.18 bits per heavy atom. The van der Waals surface area contributed by atoms with Gasteiger partial charge in [-0.25, -0.2) is 4.79 Å². The number of carbonyl (C=O) groups is 1. The summed E-state index contributed by atoms with van der Waals surface area (Å²) >= 11 is 0. The fourth-order valence-corrected chi connectivity index (χ4v) is 3.17. The van der Waals surface area contributed by atoms with Gasteiger partial charge in [0.25, 0.3) is 10.2 Å². The number of alkyl carbamates (subject to hydrolysis) is 1. The van der Waals surface area contributed by atoms with E-state index in [9.17, 15) is 13.2 Å². The molecule has 0 unspecified atom stereocenters. The van der Waals surface area contributed by atoms with Crippen molar-refractivity contribution in [2.45, 2.75) is 64.0 Å². The van der Waals surface area contributed by atoms with Crippen LogP contribution in [0.2, 0.25) is 0 Å². The molecule has 0 spiro atoms. The van der Waals surface area contributed by atoms with Crippen molar-refractivity contribution in [2.24, 2.45) is 0 Å². The average molecular weight is 335 g/mol. The average Bonchev–Trinajstić information content (AvgIpc) is 2.35. The van der Waals surface area contributed by atoms with Crippen LogP contribution in [0.4, 0.5) is 4.79 Å². The maximum atomic E-state index is 12.1. The predicted molar refractivity (Wildman–Crippen MR) is 85.8 cm³/mol. The molecule has 1 aliphatic carbocycles. The minimum Gasteiger partial charge on any atom is -0.444 e. The normalized spacial score (nSPS) is 19.0. The van der Waals surface area contributed by atoms with Crippen LogP contribution in [0.5, 0.6) is 0 Å². The monoisotopic (exact) mass is 335 g/mol. The van der Waals surface area contributed by atoms with Gasteiger partial charge < -0.3 is 10.1 Å². The summed E-state index contributed by atoms with van der Waals surface area (Å²) in [5, 5.41) is 2.89. The largest absolute Gasteiger partial charge is 0.444 e. The third-order valence-corrected chi connectivity index (χ3v) is 5.12. The third-order valence-electron chi connectivity index (χ3n) is 3.65. The molecule has 0 bridgehead atoms. The Morgan fingerprint density at radius 2 is 1.73 bits per heavy atom. The highest BCUT2D eigenvalue weighted by atomic mass is 32.2. The first-order valence-electron chi connectivity index (χ1n) is 7.64. The van der Waals surface area contributed by atoms with Crippen molar-refractivity contribution in [3.05, 3.63) is 0 Å². The van der Waals surface area contributed by atoms with E-state index in [0.29, 0.717) is 0 Å². The molecule has 2 N–H and O–H groups in total. The molecule has 0 aromatic heterocycles. The molecule has 0 radical (unpaired) electrons. The number of nitrogens with one attached hydrogen (secondary N) is 2. The Labute approximate surface area is 134 Å². The van der Waals surface area contributed by atoms with E-state index in [-0.39, 0.29) is 6.54 Å². The second kappa shape index (κ2) is 7.14. The zero-order valence-electron chi connectivity index (χ0n) is 14.2. The van der Waals surface area contributed by atoms with Gasteiger partial charge in [-0.05, 0) is 33.6 Å². The first-order chi connectivity index (χ1) is 9.96. The molecule has 1 rings (SSSR count). The number of rotatable bonds is 5. The Morgan fingerprint density at radius 1 is 1.18 bits per heavy atom. The summed E-state index contributed by atoms with van der Waals surface area (Å²) in [6.07, 6.45) is 3.99. The van der Waals surface area contributed by atoms with Crippen LogP contribution in [0.1, 0.15) is 52.9 Å². The summed E-state index contributed by atoms with van der Waals surface area (Å²) in [4.78, 5) is 12.1. The molecule has 0 heterocycles. The van der Waals surface area contributed by atoms with Crippen LogP contribution >= 0.6 is 0 Å². The minimum atomic E-state index is -3.52. The first kappa shape index (κ1) is 19.2. The summed E-state index contributed by atoms with van der Waals surface area (Å²) in [7, 11) is -0.577. The Bertz CT molecular complexity index is 477. The van der Waals surface area contributed by atoms with Gasteiger partial charge in [-0.15, -0.1) is 0 Å². The highest BCUT2D eigenvalue weighted by molar-refractivity contribution is 7.87. The zero-order chi connectivity index (χ0) is 17.0. The van der Waals surface area contributed by atoms with Crippen molar-refractivity contribution in [1.82, 2.24) is 14.3 Å². The van der Waals surface area contributed by atoms with E-state index in [1.807, 2.05) is 0 Å². The molecule has 1 fully saturated rings. The summed E-state index contributed by atoms with van der Waals surface area (Å²) in [6, 6.07) is 0. The molecule has 7 nitrogen and oxygen atoms in total. The van der Waals surface area contributed by atoms with Crippen LogP contribution in [0.15, 0.2) is 0 Å². The van der Waals surface area contributed by atoms with Gasteiger partial charge in [0.1, 0.15) is 5.60 Å². The first-order valence-corrected chi connectivity index (χ1v) is 9.08. The lowest BCUT2D eigenvalue weighted by Gasteiger charge is -2.38. The smallest absolute Gasteiger partial charge is 0.408 e. The molecular weight excluding hydrogens is 306 g/mol. The van der Waals surface area contributed by atoms with Crippen LogP contribution in [0.3, 0.4) is 0 Å². The second-order valence-corrected chi connectivity index (χ2v) is 9.05. The molecule has 1 saturated carbocycles. The summed E-state index contributed by atoms with van der Waals surface area (Å²) in [5.74, 6) is 0. The van der Waals surface area contributed by atoms with Gasteiger partial charge in [-0.2, -0.15) is 17.4 Å². The predicted octanol–water partition coefficient (Wildman–Crippen LogP) is 1.61. The molecule has 1 aliphatic rings. The molecular formula is C14H29N3O4S. The van der Waals surface area contributed by atoms with Crippen LogP contribution in [0, 0.1) is 0 Å². The van der Waals surface area contributed by atoms with Crippen molar-refractivity contribution < 1.29 is 17.9 Å². The van der Waals surface area contributed by atoms with Crippen LogP contribution in [-0.4, -0.2) is 50.6 Å². The van der Waals surface area contributed by atoms with Gasteiger partial charge in [0.2, 0.25) is 0 Å². The zero-order valence-corrected chi connectivity index (χ0v) is 15.0. The number of hydrogen-bond acceptors (Lipinski definition) is 4. The molecule has 0 aromatic carbocycles. The molecule has 130 valence electrons. The Balaban J connectivity index is 2.76. The number of carbonyl (C=O) groups excluding carboxylic acids is 1. The third kappa shape index (κ3) is 6.10. The fourth-order valence-electron chi connectivity index (χ4n) is 2.45. The molecule has 8 heteroatoms. The van der Waals surface area contributed by atoms with Crippen molar-refractivity contribution in [2.75, 3.05) is 20.6 Å². The Hall–Kier alpha value is -0.860. The maximum absolute atomic E-state index is 12.1. The van der Waals surface area contributed by atoms with Crippen molar-refractivity contribution in [3.8, 4) is 0 Å². The van der Waals surface area contributed by atoms with Crippen molar-refractivity contribution in [3.63, 3.8) is 0 Å². The van der Waals surface area contributed by atoms with Crippen LogP contribution < -0.4 is 10.0 Å². The van der Waals surface area contributed by atoms with Gasteiger partial charge in [-0.1, -0.05) is 19.3 Å². The number of hydrogen-bond donors (Lipinski definition) is 2. The lowest BCUT2D eigenvalue weighted by atomic mass is 9.82. The lowest BCUT2D eigenvalue weighted by Crippen LogP contribution is -2.58. The highest BCUT2D eigenvalue weighted by Gasteiger charge is 2.36. The lowest BCUT2D eigenvalue weighted by molar-refractivity contribution is 0.0427. The van der Waals surface area contributed by atoms with E-state index in [4.69, 9.17) is 4.74 Å². The van der Waals surface area contributed by atoms with Crippen molar-refractivity contribution >= 4 is 16.3 Å². The van der Waals surface area contributed by atoms with Gasteiger partial charge in [-0.3, -0.25) is 0 Å². The Kier molecular flexibility index (Phi) is 6.23. The molecule has 0 aliphatic heterocycles. The van der Waals surface area contributed by atoms with Gasteiger partial charge >= 0.3 is 6.09 Å². The van der Waals surface area contributed by atoms with E-state index in [1.165, 1.54) is 14.1 Å². The number of nitrogens with zero attached hydrogens (tertiary/aromatic N) is 1. The van der Waals surface area contributed by atoms with Gasteiger partial charge in [0.05, 0.1) is 5.54 Å². The van der Waals surface area contributed by atoms with E-state index < -0.39 is 27.4 Å². The summed E-state index contributed by atoms with van der Waals surface area (Å²) < 4.78 is 32.8. The summed E-state index contributed by atoms with van der Waals surface area (Å²) in [5.41, 5.74) is -1.16. The van der Waals surface area contributed by atoms with E-state index in [1.54, 1.807) is 20.8 Å².